The molecule has 0 saturated carbocycles. The Kier molecular flexibility index (Phi) is 3.92. The molecular weight excluding hydrogens is 345 g/mol. The molecule has 0 atom stereocenters. The maximum Gasteiger partial charge on any atom is 0.241 e. The van der Waals surface area contributed by atoms with Crippen molar-refractivity contribution < 1.29 is 4.79 Å². The van der Waals surface area contributed by atoms with Crippen LogP contribution in [0.3, 0.4) is 0 Å². The molecule has 0 unspecified atom stereocenters. The maximum atomic E-state index is 10.5. The number of carbonyl (C=O) groups is 1. The number of nitrogens with two attached hydrogens (primary N) is 1. The van der Waals surface area contributed by atoms with Crippen molar-refractivity contribution in [1.29, 1.82) is 0 Å². The summed E-state index contributed by atoms with van der Waals surface area (Å²) in [6.45, 7) is 0. The number of hydrogen-bond acceptors (Lipinski definition) is 1. The van der Waals surface area contributed by atoms with Crippen molar-refractivity contribution in [2.24, 2.45) is 5.73 Å². The lowest BCUT2D eigenvalue weighted by Gasteiger charge is -1.98. The second kappa shape index (κ2) is 4.76. The molecule has 0 aromatic heterocycles. The predicted octanol–water partition coefficient (Wildman–Crippen LogP) is 2.55. The number of primary amides is 1. The molecule has 1 aromatic carbocycles. The van der Waals surface area contributed by atoms with Crippen LogP contribution in [0.2, 0.25) is 0 Å². The van der Waals surface area contributed by atoms with Gasteiger partial charge in [0.1, 0.15) is 0 Å². The number of carbonyl (C=O) groups excluding carboxylic acids is 1. The van der Waals surface area contributed by atoms with Gasteiger partial charge in [-0.3, -0.25) is 4.79 Å². The molecule has 0 aliphatic rings. The van der Waals surface area contributed by atoms with Crippen LogP contribution in [-0.2, 0) is 4.79 Å². The van der Waals surface area contributed by atoms with E-state index in [4.69, 9.17) is 5.73 Å². The molecule has 0 aliphatic heterocycles. The smallest absolute Gasteiger partial charge is 0.241 e. The molecule has 0 fully saturated rings. The topological polar surface area (TPSA) is 43.1 Å². The van der Waals surface area contributed by atoms with E-state index in [2.05, 4.69) is 38.5 Å². The van der Waals surface area contributed by atoms with Crippen LogP contribution >= 0.6 is 38.5 Å². The summed E-state index contributed by atoms with van der Waals surface area (Å²) < 4.78 is 2.07. The summed E-state index contributed by atoms with van der Waals surface area (Å²) in [4.78, 5) is 10.5. The van der Waals surface area contributed by atoms with E-state index < -0.39 is 5.91 Å². The van der Waals surface area contributed by atoms with E-state index >= 15 is 0 Å². The third kappa shape index (κ3) is 3.48. The van der Waals surface area contributed by atoms with Gasteiger partial charge in [0.05, 0.1) is 0 Å². The Morgan fingerprint density at radius 2 is 2.23 bits per heavy atom. The minimum Gasteiger partial charge on any atom is -0.366 e. The average Bonchev–Trinajstić information content (AvgIpc) is 2.06. The molecular formula is C9H7BrINO. The highest BCUT2D eigenvalue weighted by molar-refractivity contribution is 14.1. The summed E-state index contributed by atoms with van der Waals surface area (Å²) >= 11 is 5.58. The number of amides is 1. The first kappa shape index (κ1) is 10.7. The maximum absolute atomic E-state index is 10.5. The largest absolute Gasteiger partial charge is 0.366 e. The Bertz CT molecular complexity index is 363. The van der Waals surface area contributed by atoms with Gasteiger partial charge in [-0.2, -0.15) is 0 Å². The standard InChI is InChI=1S/C9H7BrINO/c10-8-3-2-7(11)5-6(8)1-4-9(12)13/h1-5H,(H2,12,13). The Morgan fingerprint density at radius 1 is 1.54 bits per heavy atom. The monoisotopic (exact) mass is 351 g/mol. The Labute approximate surface area is 98.5 Å². The molecule has 0 aliphatic carbocycles. The molecule has 1 amide bonds. The minimum atomic E-state index is -0.439. The lowest BCUT2D eigenvalue weighted by Crippen LogP contribution is -2.05. The van der Waals surface area contributed by atoms with Crippen LogP contribution < -0.4 is 5.73 Å². The second-order valence-electron chi connectivity index (χ2n) is 2.40. The van der Waals surface area contributed by atoms with E-state index in [1.54, 1.807) is 6.08 Å². The average molecular weight is 352 g/mol. The molecule has 0 radical (unpaired) electrons. The molecule has 0 heterocycles. The fraction of sp³-hybridized carbons (Fsp3) is 0. The Hall–Kier alpha value is -0.360. The third-order valence-electron chi connectivity index (χ3n) is 1.39. The molecule has 2 N–H and O–H groups in total. The van der Waals surface area contributed by atoms with Gasteiger partial charge in [-0.25, -0.2) is 0 Å². The minimum absolute atomic E-state index is 0.439. The van der Waals surface area contributed by atoms with Crippen molar-refractivity contribution in [2.45, 2.75) is 0 Å². The fourth-order valence-corrected chi connectivity index (χ4v) is 1.71. The van der Waals surface area contributed by atoms with Gasteiger partial charge < -0.3 is 5.73 Å². The van der Waals surface area contributed by atoms with Crippen molar-refractivity contribution in [3.63, 3.8) is 0 Å². The molecule has 0 spiro atoms. The van der Waals surface area contributed by atoms with Crippen molar-refractivity contribution in [2.75, 3.05) is 0 Å². The summed E-state index contributed by atoms with van der Waals surface area (Å²) in [7, 11) is 0. The molecule has 4 heteroatoms. The number of rotatable bonds is 2. The van der Waals surface area contributed by atoms with Crippen molar-refractivity contribution in [3.05, 3.63) is 37.9 Å². The van der Waals surface area contributed by atoms with E-state index in [-0.39, 0.29) is 0 Å². The number of hydrogen-bond donors (Lipinski definition) is 1. The molecule has 2 nitrogen and oxygen atoms in total. The van der Waals surface area contributed by atoms with Crippen molar-refractivity contribution in [1.82, 2.24) is 0 Å². The summed E-state index contributed by atoms with van der Waals surface area (Å²) in [6, 6.07) is 5.87. The van der Waals surface area contributed by atoms with Gasteiger partial charge >= 0.3 is 0 Å². The van der Waals surface area contributed by atoms with Gasteiger partial charge in [0.15, 0.2) is 0 Å². The number of benzene rings is 1. The molecule has 1 aromatic rings. The van der Waals surface area contributed by atoms with Gasteiger partial charge in [0, 0.05) is 14.1 Å². The fourth-order valence-electron chi connectivity index (χ4n) is 0.814. The van der Waals surface area contributed by atoms with Crippen LogP contribution in [0.4, 0.5) is 0 Å². The van der Waals surface area contributed by atoms with Crippen molar-refractivity contribution in [3.8, 4) is 0 Å². The van der Waals surface area contributed by atoms with E-state index in [1.165, 1.54) is 6.08 Å². The van der Waals surface area contributed by atoms with E-state index in [0.29, 0.717) is 0 Å². The molecule has 0 saturated heterocycles. The van der Waals surface area contributed by atoms with Crippen LogP contribution in [0.5, 0.6) is 0 Å². The second-order valence-corrected chi connectivity index (χ2v) is 4.50. The number of halogens is 2. The van der Waals surface area contributed by atoms with Gasteiger partial charge in [-0.1, -0.05) is 15.9 Å². The lowest BCUT2D eigenvalue weighted by atomic mass is 10.2. The summed E-state index contributed by atoms with van der Waals surface area (Å²) in [5.41, 5.74) is 5.94. The normalized spacial score (nSPS) is 10.6. The molecule has 1 rings (SSSR count). The van der Waals surface area contributed by atoms with Crippen LogP contribution in [0.25, 0.3) is 6.08 Å². The zero-order valence-corrected chi connectivity index (χ0v) is 10.4. The summed E-state index contributed by atoms with van der Waals surface area (Å²) in [5, 5.41) is 0. The molecule has 13 heavy (non-hydrogen) atoms. The zero-order chi connectivity index (χ0) is 9.84. The Morgan fingerprint density at radius 3 is 2.85 bits per heavy atom. The van der Waals surface area contributed by atoms with Gasteiger partial charge in [0.25, 0.3) is 0 Å². The SMILES string of the molecule is NC(=O)C=Cc1cc(I)ccc1Br. The van der Waals surface area contributed by atoms with Gasteiger partial charge in [0.2, 0.25) is 5.91 Å². The first-order valence-electron chi connectivity index (χ1n) is 3.52. The molecule has 68 valence electrons. The summed E-state index contributed by atoms with van der Waals surface area (Å²) in [6.07, 6.45) is 3.03. The van der Waals surface area contributed by atoms with Gasteiger partial charge in [-0.05, 0) is 52.4 Å². The highest BCUT2D eigenvalue weighted by atomic mass is 127. The van der Waals surface area contributed by atoms with E-state index in [0.717, 1.165) is 13.6 Å². The Balaban J connectivity index is 3.00. The predicted molar refractivity (Wildman–Crippen MR) is 65.1 cm³/mol. The molecule has 0 bridgehead atoms. The third-order valence-corrected chi connectivity index (χ3v) is 2.78. The van der Waals surface area contributed by atoms with Gasteiger partial charge in [-0.15, -0.1) is 0 Å². The quantitative estimate of drug-likeness (QED) is 0.645. The van der Waals surface area contributed by atoms with Crippen LogP contribution in [0.15, 0.2) is 28.7 Å². The first-order chi connectivity index (χ1) is 6.09. The first-order valence-corrected chi connectivity index (χ1v) is 5.39. The van der Waals surface area contributed by atoms with Crippen molar-refractivity contribution >= 4 is 50.5 Å². The van der Waals surface area contributed by atoms with Crippen LogP contribution in [-0.4, -0.2) is 5.91 Å². The van der Waals surface area contributed by atoms with E-state index in [1.807, 2.05) is 18.2 Å². The van der Waals surface area contributed by atoms with Crippen LogP contribution in [0, 0.1) is 3.57 Å². The highest BCUT2D eigenvalue weighted by Gasteiger charge is 1.96. The zero-order valence-electron chi connectivity index (χ0n) is 6.63. The highest BCUT2D eigenvalue weighted by Crippen LogP contribution is 2.20. The van der Waals surface area contributed by atoms with E-state index in [9.17, 15) is 4.79 Å². The summed E-state index contributed by atoms with van der Waals surface area (Å²) in [5.74, 6) is -0.439. The lowest BCUT2D eigenvalue weighted by molar-refractivity contribution is -0.113. The van der Waals surface area contributed by atoms with Crippen LogP contribution in [0.1, 0.15) is 5.56 Å².